The number of carboxylic acids is 1. The Morgan fingerprint density at radius 1 is 1.35 bits per heavy atom. The summed E-state index contributed by atoms with van der Waals surface area (Å²) in [5.74, 6) is -0.804. The number of aliphatic carboxylic acids is 1. The Hall–Kier alpha value is -1.88. The number of thiophene rings is 1. The third-order valence-corrected chi connectivity index (χ3v) is 3.46. The van der Waals surface area contributed by atoms with Gasteiger partial charge in [0.1, 0.15) is 10.6 Å². The molecule has 1 N–H and O–H groups in total. The lowest BCUT2D eigenvalue weighted by molar-refractivity contribution is -0.139. The molecular formula is C12H10O4S. The maximum atomic E-state index is 11.5. The number of carbonyl (C=O) groups excluding carboxylic acids is 1. The van der Waals surface area contributed by atoms with Crippen LogP contribution in [-0.4, -0.2) is 23.5 Å². The van der Waals surface area contributed by atoms with Gasteiger partial charge in [-0.25, -0.2) is 4.79 Å². The monoisotopic (exact) mass is 250 g/mol. The van der Waals surface area contributed by atoms with Crippen LogP contribution in [0.15, 0.2) is 24.3 Å². The molecule has 17 heavy (non-hydrogen) atoms. The number of hydrogen-bond donors (Lipinski definition) is 1. The zero-order chi connectivity index (χ0) is 12.4. The molecule has 0 saturated carbocycles. The van der Waals surface area contributed by atoms with Crippen molar-refractivity contribution in [3.8, 4) is 5.75 Å². The first kappa shape index (κ1) is 11.6. The summed E-state index contributed by atoms with van der Waals surface area (Å²) in [5.41, 5.74) is 0. The largest absolute Gasteiger partial charge is 0.480 e. The van der Waals surface area contributed by atoms with Crippen molar-refractivity contribution in [2.24, 2.45) is 0 Å². The molecule has 5 heteroatoms. The Labute approximate surface area is 101 Å². The summed E-state index contributed by atoms with van der Waals surface area (Å²) in [6.07, 6.45) is 0. The molecule has 88 valence electrons. The Morgan fingerprint density at radius 2 is 2.06 bits per heavy atom. The van der Waals surface area contributed by atoms with Crippen LogP contribution in [0, 0.1) is 0 Å². The van der Waals surface area contributed by atoms with Gasteiger partial charge in [0.05, 0.1) is 0 Å². The maximum absolute atomic E-state index is 11.5. The highest BCUT2D eigenvalue weighted by Crippen LogP contribution is 2.37. The van der Waals surface area contributed by atoms with Crippen molar-refractivity contribution in [2.45, 2.75) is 6.92 Å². The number of rotatable bonds is 4. The van der Waals surface area contributed by atoms with Gasteiger partial charge in [0.2, 0.25) is 0 Å². The third-order valence-electron chi connectivity index (χ3n) is 2.21. The van der Waals surface area contributed by atoms with Crippen LogP contribution in [0.2, 0.25) is 0 Å². The van der Waals surface area contributed by atoms with Crippen molar-refractivity contribution < 1.29 is 19.4 Å². The molecule has 0 radical (unpaired) electrons. The topological polar surface area (TPSA) is 63.6 Å². The summed E-state index contributed by atoms with van der Waals surface area (Å²) < 4.78 is 6.12. The third kappa shape index (κ3) is 2.29. The van der Waals surface area contributed by atoms with Gasteiger partial charge in [0.25, 0.3) is 0 Å². The highest BCUT2D eigenvalue weighted by molar-refractivity contribution is 7.21. The molecule has 1 heterocycles. The van der Waals surface area contributed by atoms with Gasteiger partial charge < -0.3 is 9.84 Å². The van der Waals surface area contributed by atoms with E-state index in [1.807, 2.05) is 24.3 Å². The maximum Gasteiger partial charge on any atom is 0.341 e. The predicted molar refractivity (Wildman–Crippen MR) is 65.0 cm³/mol. The summed E-state index contributed by atoms with van der Waals surface area (Å²) in [7, 11) is 0. The van der Waals surface area contributed by atoms with Crippen molar-refractivity contribution >= 4 is 33.2 Å². The molecule has 0 unspecified atom stereocenters. The van der Waals surface area contributed by atoms with Gasteiger partial charge in [-0.3, -0.25) is 4.79 Å². The van der Waals surface area contributed by atoms with Crippen LogP contribution >= 0.6 is 11.3 Å². The van der Waals surface area contributed by atoms with Crippen molar-refractivity contribution in [1.82, 2.24) is 0 Å². The molecule has 0 aliphatic rings. The van der Waals surface area contributed by atoms with Crippen molar-refractivity contribution in [3.63, 3.8) is 0 Å². The second-order valence-corrected chi connectivity index (χ2v) is 4.55. The van der Waals surface area contributed by atoms with E-state index in [1.54, 1.807) is 0 Å². The normalized spacial score (nSPS) is 10.4. The van der Waals surface area contributed by atoms with Gasteiger partial charge in [-0.05, 0) is 12.1 Å². The minimum atomic E-state index is -1.06. The average molecular weight is 250 g/mol. The Balaban J connectivity index is 2.51. The molecule has 0 saturated heterocycles. The average Bonchev–Trinajstić information content (AvgIpc) is 2.65. The lowest BCUT2D eigenvalue weighted by Crippen LogP contribution is -2.10. The summed E-state index contributed by atoms with van der Waals surface area (Å²) in [5, 5.41) is 9.39. The number of carboxylic acid groups (broad SMARTS) is 1. The fraction of sp³-hybridized carbons (Fsp3) is 0.167. The molecule has 0 aliphatic heterocycles. The van der Waals surface area contributed by atoms with Gasteiger partial charge in [-0.2, -0.15) is 0 Å². The lowest BCUT2D eigenvalue weighted by atomic mass is 10.2. The Kier molecular flexibility index (Phi) is 3.10. The van der Waals surface area contributed by atoms with Gasteiger partial charge >= 0.3 is 5.97 Å². The van der Waals surface area contributed by atoms with Crippen LogP contribution < -0.4 is 4.74 Å². The van der Waals surface area contributed by atoms with Gasteiger partial charge in [0, 0.05) is 17.0 Å². The molecule has 2 aromatic rings. The SMILES string of the molecule is CC(=O)c1sc2ccccc2c1OCC(=O)O. The molecule has 2 rings (SSSR count). The van der Waals surface area contributed by atoms with Crippen molar-refractivity contribution in [1.29, 1.82) is 0 Å². The van der Waals surface area contributed by atoms with E-state index in [-0.39, 0.29) is 5.78 Å². The highest BCUT2D eigenvalue weighted by atomic mass is 32.1. The highest BCUT2D eigenvalue weighted by Gasteiger charge is 2.17. The Bertz CT molecular complexity index is 585. The van der Waals surface area contributed by atoms with Gasteiger partial charge in [-0.15, -0.1) is 11.3 Å². The molecule has 0 bridgehead atoms. The number of benzene rings is 1. The summed E-state index contributed by atoms with van der Waals surface area (Å²) in [4.78, 5) is 22.4. The van der Waals surface area contributed by atoms with Gasteiger partial charge in [-0.1, -0.05) is 12.1 Å². The number of Topliss-reactive ketones (excluding diaryl/α,β-unsaturated/α-hetero) is 1. The standard InChI is InChI=1S/C12H10O4S/c1-7(13)12-11(16-6-10(14)15)8-4-2-3-5-9(8)17-12/h2-5H,6H2,1H3,(H,14,15). The molecule has 0 atom stereocenters. The van der Waals surface area contributed by atoms with E-state index in [9.17, 15) is 9.59 Å². The minimum Gasteiger partial charge on any atom is -0.480 e. The van der Waals surface area contributed by atoms with E-state index in [1.165, 1.54) is 18.3 Å². The number of fused-ring (bicyclic) bond motifs is 1. The van der Waals surface area contributed by atoms with Crippen LogP contribution in [0.5, 0.6) is 5.75 Å². The summed E-state index contributed by atoms with van der Waals surface area (Å²) in [6.45, 7) is 0.999. The Morgan fingerprint density at radius 3 is 2.71 bits per heavy atom. The first-order valence-electron chi connectivity index (χ1n) is 4.96. The van der Waals surface area contributed by atoms with Crippen LogP contribution in [0.1, 0.15) is 16.6 Å². The molecular weight excluding hydrogens is 240 g/mol. The second-order valence-electron chi connectivity index (χ2n) is 3.50. The van der Waals surface area contributed by atoms with Crippen molar-refractivity contribution in [2.75, 3.05) is 6.61 Å². The van der Waals surface area contributed by atoms with E-state index >= 15 is 0 Å². The van der Waals surface area contributed by atoms with E-state index in [4.69, 9.17) is 9.84 Å². The fourth-order valence-corrected chi connectivity index (χ4v) is 2.57. The summed E-state index contributed by atoms with van der Waals surface area (Å²) >= 11 is 1.32. The zero-order valence-electron chi connectivity index (χ0n) is 9.10. The van der Waals surface area contributed by atoms with E-state index < -0.39 is 12.6 Å². The quantitative estimate of drug-likeness (QED) is 0.847. The van der Waals surface area contributed by atoms with E-state index in [0.717, 1.165) is 10.1 Å². The molecule has 0 amide bonds. The number of hydrogen-bond acceptors (Lipinski definition) is 4. The predicted octanol–water partition coefficient (Wildman–Crippen LogP) is 2.57. The smallest absolute Gasteiger partial charge is 0.341 e. The second kappa shape index (κ2) is 4.55. The van der Waals surface area contributed by atoms with E-state index in [2.05, 4.69) is 0 Å². The van der Waals surface area contributed by atoms with Crippen LogP contribution in [-0.2, 0) is 4.79 Å². The summed E-state index contributed by atoms with van der Waals surface area (Å²) in [6, 6.07) is 7.38. The minimum absolute atomic E-state index is 0.119. The van der Waals surface area contributed by atoms with Crippen LogP contribution in [0.3, 0.4) is 0 Å². The fourth-order valence-electron chi connectivity index (χ4n) is 1.53. The number of ketones is 1. The molecule has 0 aliphatic carbocycles. The molecule has 4 nitrogen and oxygen atoms in total. The number of ether oxygens (including phenoxy) is 1. The zero-order valence-corrected chi connectivity index (χ0v) is 9.91. The van der Waals surface area contributed by atoms with E-state index in [0.29, 0.717) is 10.6 Å². The van der Waals surface area contributed by atoms with Gasteiger partial charge in [0.15, 0.2) is 12.4 Å². The molecule has 1 aromatic carbocycles. The van der Waals surface area contributed by atoms with Crippen LogP contribution in [0.4, 0.5) is 0 Å². The lowest BCUT2D eigenvalue weighted by Gasteiger charge is -2.03. The van der Waals surface area contributed by atoms with Crippen LogP contribution in [0.25, 0.3) is 10.1 Å². The first-order valence-corrected chi connectivity index (χ1v) is 5.78. The molecule has 1 aromatic heterocycles. The molecule has 0 spiro atoms. The number of carbonyl (C=O) groups is 2. The molecule has 0 fully saturated rings. The first-order chi connectivity index (χ1) is 8.09. The van der Waals surface area contributed by atoms with Crippen molar-refractivity contribution in [3.05, 3.63) is 29.1 Å².